The molecule has 0 aliphatic heterocycles. The summed E-state index contributed by atoms with van der Waals surface area (Å²) in [7, 11) is 0. The van der Waals surface area contributed by atoms with Gasteiger partial charge in [0.1, 0.15) is 0 Å². The molecule has 0 heterocycles. The Labute approximate surface area is 71.7 Å². The van der Waals surface area contributed by atoms with Crippen LogP contribution in [0, 0.1) is 0 Å². The van der Waals surface area contributed by atoms with E-state index in [4.69, 9.17) is 6.15 Å². The van der Waals surface area contributed by atoms with Gasteiger partial charge in [-0.1, -0.05) is 0 Å². The Bertz CT molecular complexity index is 60.6. The van der Waals surface area contributed by atoms with E-state index in [0.29, 0.717) is 0 Å². The summed E-state index contributed by atoms with van der Waals surface area (Å²) in [5, 5.41) is 0. The van der Waals surface area contributed by atoms with Crippen LogP contribution in [0.3, 0.4) is 0 Å². The van der Waals surface area contributed by atoms with E-state index in [1.54, 1.807) is 0 Å². The molecule has 0 aromatic rings. The summed E-state index contributed by atoms with van der Waals surface area (Å²) in [5.41, 5.74) is 0. The Morgan fingerprint density at radius 1 is 1.00 bits per heavy atom. The first-order valence-electron chi connectivity index (χ1n) is 3.90. The van der Waals surface area contributed by atoms with Crippen molar-refractivity contribution in [2.75, 3.05) is 13.2 Å². The van der Waals surface area contributed by atoms with Gasteiger partial charge in [0.2, 0.25) is 0 Å². The van der Waals surface area contributed by atoms with Gasteiger partial charge in [-0.25, -0.2) is 0 Å². The Balaban J connectivity index is 3.00. The van der Waals surface area contributed by atoms with E-state index < -0.39 is 20.6 Å². The third kappa shape index (κ3) is 6.83. The summed E-state index contributed by atoms with van der Waals surface area (Å²) in [4.78, 5) is 2.13. The third-order valence-corrected chi connectivity index (χ3v) is 4.50. The van der Waals surface area contributed by atoms with Crippen molar-refractivity contribution in [1.82, 2.24) is 0 Å². The van der Waals surface area contributed by atoms with Crippen LogP contribution in [0.15, 0.2) is 0 Å². The normalized spacial score (nSPS) is 10.8. The predicted molar refractivity (Wildman–Crippen MR) is 44.1 cm³/mol. The minimum absolute atomic E-state index is 0.884. The van der Waals surface area contributed by atoms with Gasteiger partial charge in [0, 0.05) is 0 Å². The monoisotopic (exact) mass is 253 g/mol. The molecule has 0 unspecified atom stereocenters. The summed E-state index contributed by atoms with van der Waals surface area (Å²) in [6.45, 7) is 6.01. The van der Waals surface area contributed by atoms with Gasteiger partial charge in [0.05, 0.1) is 0 Å². The Morgan fingerprint density at radius 2 is 1.40 bits per heavy atom. The van der Waals surface area contributed by atoms with Crippen molar-refractivity contribution in [3.63, 3.8) is 0 Å². The average molecular weight is 252 g/mol. The van der Waals surface area contributed by atoms with Crippen LogP contribution < -0.4 is 0 Å². The second kappa shape index (κ2) is 7.82. The zero-order valence-electron chi connectivity index (χ0n) is 7.14. The fourth-order valence-corrected chi connectivity index (χ4v) is 3.58. The fraction of sp³-hybridized carbons (Fsp3) is 1.00. The number of hydrogen-bond acceptors (Lipinski definition) is 2. The van der Waals surface area contributed by atoms with Gasteiger partial charge in [0.25, 0.3) is 0 Å². The molecule has 2 nitrogen and oxygen atoms in total. The SMILES string of the molecule is CCC[O][Sn]([CH3])[O]CCC. The zero-order chi connectivity index (χ0) is 7.82. The molecule has 0 N–H and O–H groups in total. The van der Waals surface area contributed by atoms with Gasteiger partial charge in [-0.2, -0.15) is 0 Å². The van der Waals surface area contributed by atoms with Crippen LogP contribution in [-0.2, 0) is 6.15 Å². The first-order chi connectivity index (χ1) is 4.81. The van der Waals surface area contributed by atoms with Gasteiger partial charge in [-0.05, 0) is 0 Å². The van der Waals surface area contributed by atoms with Gasteiger partial charge < -0.3 is 0 Å². The maximum absolute atomic E-state index is 5.47. The van der Waals surface area contributed by atoms with Gasteiger partial charge in [-0.15, -0.1) is 0 Å². The van der Waals surface area contributed by atoms with Crippen LogP contribution in [0.25, 0.3) is 0 Å². The molecule has 0 spiro atoms. The Kier molecular flexibility index (Phi) is 8.38. The second-order valence-electron chi connectivity index (χ2n) is 2.19. The maximum atomic E-state index is 5.47. The molecule has 3 heteroatoms. The van der Waals surface area contributed by atoms with E-state index in [0.717, 1.165) is 26.1 Å². The molecule has 10 heavy (non-hydrogen) atoms. The molecular formula is C7H17O2Sn. The molecule has 0 saturated heterocycles. The van der Waals surface area contributed by atoms with Crippen molar-refractivity contribution >= 4 is 20.6 Å². The van der Waals surface area contributed by atoms with Gasteiger partial charge in [-0.3, -0.25) is 0 Å². The van der Waals surface area contributed by atoms with E-state index in [1.807, 2.05) is 0 Å². The standard InChI is InChI=1S/2C3H7O.CH3.Sn/c2*1-2-3-4;;/h2*2-3H2,1H3;1H3;/q2*-1;;+2. The quantitative estimate of drug-likeness (QED) is 0.672. The van der Waals surface area contributed by atoms with Crippen LogP contribution in [-0.4, -0.2) is 33.8 Å². The van der Waals surface area contributed by atoms with Crippen LogP contribution in [0.2, 0.25) is 4.94 Å². The molecule has 0 aromatic carbocycles. The molecule has 1 radical (unpaired) electrons. The summed E-state index contributed by atoms with van der Waals surface area (Å²) >= 11 is -1.74. The van der Waals surface area contributed by atoms with E-state index in [1.165, 1.54) is 0 Å². The predicted octanol–water partition coefficient (Wildman–Crippen LogP) is 1.96. The minimum atomic E-state index is -1.74. The molecule has 0 fully saturated rings. The second-order valence-corrected chi connectivity index (χ2v) is 6.64. The molecule has 0 aromatic heterocycles. The van der Waals surface area contributed by atoms with E-state index in [9.17, 15) is 0 Å². The van der Waals surface area contributed by atoms with Crippen molar-refractivity contribution in [2.45, 2.75) is 31.6 Å². The van der Waals surface area contributed by atoms with Crippen LogP contribution >= 0.6 is 0 Å². The van der Waals surface area contributed by atoms with Crippen LogP contribution in [0.4, 0.5) is 0 Å². The molecular weight excluding hydrogens is 235 g/mol. The number of hydrogen-bond donors (Lipinski definition) is 0. The molecule has 0 bridgehead atoms. The fourth-order valence-electron chi connectivity index (χ4n) is 0.533. The van der Waals surface area contributed by atoms with Crippen molar-refractivity contribution in [2.24, 2.45) is 0 Å². The number of rotatable bonds is 6. The molecule has 0 amide bonds. The summed E-state index contributed by atoms with van der Waals surface area (Å²) < 4.78 is 10.9. The van der Waals surface area contributed by atoms with Gasteiger partial charge in [0.15, 0.2) is 0 Å². The van der Waals surface area contributed by atoms with E-state index in [-0.39, 0.29) is 0 Å². The first kappa shape index (κ1) is 10.7. The Hall–Kier alpha value is 0.719. The molecule has 0 atom stereocenters. The zero-order valence-corrected chi connectivity index (χ0v) is 10.00. The van der Waals surface area contributed by atoms with Crippen molar-refractivity contribution in [3.05, 3.63) is 0 Å². The molecule has 0 rings (SSSR count). The van der Waals surface area contributed by atoms with Crippen molar-refractivity contribution in [3.8, 4) is 0 Å². The molecule has 0 aliphatic rings. The third-order valence-electron chi connectivity index (χ3n) is 1.02. The summed E-state index contributed by atoms with van der Waals surface area (Å²) in [6, 6.07) is 0. The molecule has 61 valence electrons. The average Bonchev–Trinajstić information content (AvgIpc) is 1.97. The Morgan fingerprint density at radius 3 is 1.70 bits per heavy atom. The van der Waals surface area contributed by atoms with Gasteiger partial charge >= 0.3 is 71.6 Å². The summed E-state index contributed by atoms with van der Waals surface area (Å²) in [6.07, 6.45) is 2.21. The van der Waals surface area contributed by atoms with Crippen LogP contribution in [0.1, 0.15) is 26.7 Å². The first-order valence-corrected chi connectivity index (χ1v) is 9.08. The van der Waals surface area contributed by atoms with E-state index in [2.05, 4.69) is 18.8 Å². The van der Waals surface area contributed by atoms with Crippen molar-refractivity contribution in [1.29, 1.82) is 0 Å². The topological polar surface area (TPSA) is 18.5 Å². The van der Waals surface area contributed by atoms with Crippen LogP contribution in [0.5, 0.6) is 0 Å². The van der Waals surface area contributed by atoms with Crippen molar-refractivity contribution < 1.29 is 6.15 Å². The molecule has 0 aliphatic carbocycles. The summed E-state index contributed by atoms with van der Waals surface area (Å²) in [5.74, 6) is 0. The molecule has 0 saturated carbocycles. The van der Waals surface area contributed by atoms with E-state index >= 15 is 0 Å².